The molecule has 0 heterocycles. The first kappa shape index (κ1) is 10.8. The number of thioether (sulfide) groups is 1. The average Bonchev–Trinajstić information content (AvgIpc) is 1.87. The van der Waals surface area contributed by atoms with Crippen LogP contribution in [0.25, 0.3) is 0 Å². The molecule has 0 aliphatic rings. The molecule has 1 nitrogen and oxygen atoms in total. The summed E-state index contributed by atoms with van der Waals surface area (Å²) in [6.07, 6.45) is 0.923. The zero-order valence-corrected chi connectivity index (χ0v) is 8.17. The van der Waals surface area contributed by atoms with Crippen LogP contribution in [0.4, 0.5) is 4.39 Å². The third-order valence-corrected chi connectivity index (χ3v) is 1.98. The number of alkyl halides is 1. The van der Waals surface area contributed by atoms with Crippen LogP contribution in [-0.4, -0.2) is 18.3 Å². The van der Waals surface area contributed by atoms with E-state index >= 15 is 0 Å². The lowest BCUT2D eigenvalue weighted by Crippen LogP contribution is -2.27. The first-order valence-electron chi connectivity index (χ1n) is 3.66. The van der Waals surface area contributed by atoms with Gasteiger partial charge in [0.25, 0.3) is 0 Å². The van der Waals surface area contributed by atoms with Gasteiger partial charge in [0.2, 0.25) is 0 Å². The highest BCUT2D eigenvalue weighted by molar-refractivity contribution is 7.98. The Morgan fingerprint density at radius 1 is 1.64 bits per heavy atom. The molecule has 1 unspecified atom stereocenters. The van der Waals surface area contributed by atoms with Crippen LogP contribution >= 0.6 is 11.8 Å². The number of hydrogen-bond donors (Lipinski definition) is 1. The number of halogens is 1. The van der Waals surface area contributed by atoms with Crippen LogP contribution in [0.15, 0.2) is 12.3 Å². The van der Waals surface area contributed by atoms with E-state index < -0.39 is 6.30 Å². The quantitative estimate of drug-likeness (QED) is 0.647. The third kappa shape index (κ3) is 5.13. The smallest absolute Gasteiger partial charge is 0.178 e. The van der Waals surface area contributed by atoms with E-state index in [1.807, 2.05) is 20.1 Å². The Morgan fingerprint density at radius 2 is 2.18 bits per heavy atom. The highest BCUT2D eigenvalue weighted by atomic mass is 32.2. The maximum absolute atomic E-state index is 12.8. The van der Waals surface area contributed by atoms with Crippen molar-refractivity contribution in [2.45, 2.75) is 20.1 Å². The van der Waals surface area contributed by atoms with Crippen LogP contribution in [-0.2, 0) is 0 Å². The van der Waals surface area contributed by atoms with Gasteiger partial charge in [0, 0.05) is 11.4 Å². The molecule has 0 bridgehead atoms. The van der Waals surface area contributed by atoms with Gasteiger partial charge < -0.3 is 5.32 Å². The zero-order valence-electron chi connectivity index (χ0n) is 7.36. The van der Waals surface area contributed by atoms with E-state index in [0.29, 0.717) is 11.7 Å². The fourth-order valence-electron chi connectivity index (χ4n) is 0.556. The molecule has 1 atom stereocenters. The summed E-state index contributed by atoms with van der Waals surface area (Å²) in [4.78, 5) is 0. The van der Waals surface area contributed by atoms with E-state index in [2.05, 4.69) is 11.9 Å². The monoisotopic (exact) mass is 177 g/mol. The molecule has 0 saturated carbocycles. The van der Waals surface area contributed by atoms with Crippen molar-refractivity contribution in [3.63, 3.8) is 0 Å². The molecule has 0 fully saturated rings. The second-order valence-electron chi connectivity index (χ2n) is 2.75. The minimum absolute atomic E-state index is 0.301. The van der Waals surface area contributed by atoms with Gasteiger partial charge in [-0.1, -0.05) is 20.4 Å². The summed E-state index contributed by atoms with van der Waals surface area (Å²) in [6.45, 7) is 7.69. The van der Waals surface area contributed by atoms with E-state index in [1.165, 1.54) is 11.8 Å². The summed E-state index contributed by atoms with van der Waals surface area (Å²) < 4.78 is 12.8. The van der Waals surface area contributed by atoms with Crippen molar-refractivity contribution < 1.29 is 4.39 Å². The second kappa shape index (κ2) is 5.47. The van der Waals surface area contributed by atoms with Gasteiger partial charge in [-0.05, 0) is 12.2 Å². The fraction of sp³-hybridized carbons (Fsp3) is 0.750. The van der Waals surface area contributed by atoms with Gasteiger partial charge in [-0.25, -0.2) is 4.39 Å². The van der Waals surface area contributed by atoms with Gasteiger partial charge in [-0.15, -0.1) is 0 Å². The number of nitrogens with one attached hydrogen (secondary N) is 1. The summed E-state index contributed by atoms with van der Waals surface area (Å²) in [6, 6.07) is 0. The largest absolute Gasteiger partial charge is 0.359 e. The van der Waals surface area contributed by atoms with Crippen molar-refractivity contribution in [1.29, 1.82) is 0 Å². The van der Waals surface area contributed by atoms with Gasteiger partial charge in [0.05, 0.1) is 0 Å². The van der Waals surface area contributed by atoms with Crippen molar-refractivity contribution in [2.24, 2.45) is 5.92 Å². The fourth-order valence-corrected chi connectivity index (χ4v) is 0.932. The van der Waals surface area contributed by atoms with Crippen LogP contribution in [0.3, 0.4) is 0 Å². The average molecular weight is 177 g/mol. The molecule has 0 aromatic heterocycles. The maximum Gasteiger partial charge on any atom is 0.178 e. The van der Waals surface area contributed by atoms with Crippen LogP contribution in [0.5, 0.6) is 0 Å². The number of rotatable bonds is 5. The lowest BCUT2D eigenvalue weighted by atomic mass is 10.1. The van der Waals surface area contributed by atoms with Gasteiger partial charge in [-0.2, -0.15) is 11.8 Å². The zero-order chi connectivity index (χ0) is 8.85. The van der Waals surface area contributed by atoms with E-state index in [9.17, 15) is 4.39 Å². The summed E-state index contributed by atoms with van der Waals surface area (Å²) in [5.74, 6) is 0.779. The van der Waals surface area contributed by atoms with Crippen molar-refractivity contribution in [3.05, 3.63) is 12.3 Å². The van der Waals surface area contributed by atoms with Crippen molar-refractivity contribution in [1.82, 2.24) is 5.32 Å². The Kier molecular flexibility index (Phi) is 5.38. The Bertz CT molecular complexity index is 125. The molecule has 0 rings (SSSR count). The predicted molar refractivity (Wildman–Crippen MR) is 50.4 cm³/mol. The lowest BCUT2D eigenvalue weighted by Gasteiger charge is -2.15. The maximum atomic E-state index is 12.8. The lowest BCUT2D eigenvalue weighted by molar-refractivity contribution is 0.318. The first-order valence-corrected chi connectivity index (χ1v) is 5.05. The third-order valence-electron chi connectivity index (χ3n) is 1.35. The Labute approximate surface area is 72.4 Å². The summed E-state index contributed by atoms with van der Waals surface area (Å²) in [5, 5.41) is 2.70. The standard InChI is InChI=1S/C8H16FNS/c1-6(2)7(3)10-8(9)5-11-4/h6,8,10H,3,5H2,1-2,4H3. The highest BCUT2D eigenvalue weighted by Gasteiger charge is 2.06. The van der Waals surface area contributed by atoms with Crippen molar-refractivity contribution >= 4 is 11.8 Å². The molecule has 0 amide bonds. The molecule has 1 N–H and O–H groups in total. The van der Waals surface area contributed by atoms with Gasteiger partial charge >= 0.3 is 0 Å². The molecule has 11 heavy (non-hydrogen) atoms. The number of hydrogen-bond acceptors (Lipinski definition) is 2. The van der Waals surface area contributed by atoms with Gasteiger partial charge in [0.1, 0.15) is 0 Å². The van der Waals surface area contributed by atoms with E-state index in [4.69, 9.17) is 0 Å². The second-order valence-corrected chi connectivity index (χ2v) is 3.66. The van der Waals surface area contributed by atoms with Crippen LogP contribution < -0.4 is 5.32 Å². The van der Waals surface area contributed by atoms with Gasteiger partial charge in [-0.3, -0.25) is 0 Å². The van der Waals surface area contributed by atoms with Crippen LogP contribution in [0.1, 0.15) is 13.8 Å². The molecular weight excluding hydrogens is 161 g/mol. The molecule has 3 heteroatoms. The summed E-state index contributed by atoms with van der Waals surface area (Å²) >= 11 is 1.48. The molecule has 0 aliphatic carbocycles. The summed E-state index contributed by atoms with van der Waals surface area (Å²) in [5.41, 5.74) is 0.770. The highest BCUT2D eigenvalue weighted by Crippen LogP contribution is 2.06. The van der Waals surface area contributed by atoms with E-state index in [-0.39, 0.29) is 0 Å². The number of allylic oxidation sites excluding steroid dienone is 1. The van der Waals surface area contributed by atoms with E-state index in [0.717, 1.165) is 5.70 Å². The topological polar surface area (TPSA) is 12.0 Å². The summed E-state index contributed by atoms with van der Waals surface area (Å²) in [7, 11) is 0. The molecule has 0 spiro atoms. The Hall–Kier alpha value is -0.180. The molecule has 66 valence electrons. The van der Waals surface area contributed by atoms with Crippen molar-refractivity contribution in [3.8, 4) is 0 Å². The molecule has 0 radical (unpaired) electrons. The normalized spacial score (nSPS) is 13.2. The van der Waals surface area contributed by atoms with Gasteiger partial charge in [0.15, 0.2) is 6.30 Å². The minimum atomic E-state index is -0.958. The van der Waals surface area contributed by atoms with Crippen molar-refractivity contribution in [2.75, 3.05) is 12.0 Å². The molecular formula is C8H16FNS. The first-order chi connectivity index (χ1) is 5.07. The Morgan fingerprint density at radius 3 is 2.55 bits per heavy atom. The van der Waals surface area contributed by atoms with E-state index in [1.54, 1.807) is 0 Å². The molecule has 0 aromatic rings. The molecule has 0 aliphatic heterocycles. The molecule has 0 saturated heterocycles. The Balaban J connectivity index is 3.57. The molecule has 0 aromatic carbocycles. The van der Waals surface area contributed by atoms with Crippen LogP contribution in [0.2, 0.25) is 0 Å². The minimum Gasteiger partial charge on any atom is -0.359 e. The predicted octanol–water partition coefficient (Wildman–Crippen LogP) is 2.40. The van der Waals surface area contributed by atoms with Crippen LogP contribution in [0, 0.1) is 5.92 Å². The SMILES string of the molecule is C=C(NC(F)CSC)C(C)C.